The second-order valence-corrected chi connectivity index (χ2v) is 12.3. The molecule has 0 unspecified atom stereocenters. The number of nitriles is 1. The van der Waals surface area contributed by atoms with Gasteiger partial charge in [-0.3, -0.25) is 14.5 Å². The van der Waals surface area contributed by atoms with E-state index >= 15 is 0 Å². The Kier molecular flexibility index (Phi) is 9.67. The number of hydrogen-bond donors (Lipinski definition) is 1. The Morgan fingerprint density at radius 3 is 2.27 bits per heavy atom. The molecule has 2 saturated heterocycles. The molecule has 3 atom stereocenters. The molecule has 2 aromatic rings. The highest BCUT2D eigenvalue weighted by Crippen LogP contribution is 2.38. The predicted octanol–water partition coefficient (Wildman–Crippen LogP) is 5.98. The molecular weight excluding hydrogens is 498 g/mol. The van der Waals surface area contributed by atoms with Gasteiger partial charge in [-0.05, 0) is 80.6 Å². The van der Waals surface area contributed by atoms with E-state index in [9.17, 15) is 14.7 Å². The molecule has 212 valence electrons. The number of rotatable bonds is 10. The van der Waals surface area contributed by atoms with Gasteiger partial charge in [0, 0.05) is 37.5 Å². The molecule has 1 N–H and O–H groups in total. The van der Waals surface area contributed by atoms with Crippen LogP contribution in [-0.2, 0) is 4.79 Å². The number of ketones is 1. The summed E-state index contributed by atoms with van der Waals surface area (Å²) in [5.41, 5.74) is 2.61. The molecule has 5 rings (SSSR count). The molecule has 40 heavy (non-hydrogen) atoms. The lowest BCUT2D eigenvalue weighted by Crippen LogP contribution is -2.46. The molecule has 0 bridgehead atoms. The predicted molar refractivity (Wildman–Crippen MR) is 156 cm³/mol. The maximum Gasteiger partial charge on any atom is 0.321 e. The number of Topliss-reactive ketones (excluding diaryl/α,β-unsaturated/α-hetero) is 1. The topological polar surface area (TPSA) is 84.6 Å². The van der Waals surface area contributed by atoms with Crippen molar-refractivity contribution in [3.63, 3.8) is 0 Å². The van der Waals surface area contributed by atoms with Crippen LogP contribution < -0.4 is 0 Å². The van der Waals surface area contributed by atoms with E-state index in [2.05, 4.69) is 46.2 Å². The highest BCUT2D eigenvalue weighted by Gasteiger charge is 2.43. The summed E-state index contributed by atoms with van der Waals surface area (Å²) in [5.74, 6) is 1.12. The van der Waals surface area contributed by atoms with Gasteiger partial charge < -0.3 is 10.0 Å². The molecule has 1 saturated carbocycles. The monoisotopic (exact) mass is 541 g/mol. The Hall–Kier alpha value is -3.01. The summed E-state index contributed by atoms with van der Waals surface area (Å²) in [6.45, 7) is 4.77. The van der Waals surface area contributed by atoms with Crippen molar-refractivity contribution < 1.29 is 14.7 Å². The maximum atomic E-state index is 12.7. The Bertz CT molecular complexity index is 1160. The number of likely N-dealkylation sites (tertiary alicyclic amines) is 2. The van der Waals surface area contributed by atoms with E-state index in [1.54, 1.807) is 24.3 Å². The first-order valence-corrected chi connectivity index (χ1v) is 15.3. The Morgan fingerprint density at radius 2 is 1.62 bits per heavy atom. The van der Waals surface area contributed by atoms with Crippen molar-refractivity contribution >= 4 is 11.8 Å². The number of carboxylic acids is 1. The molecule has 0 radical (unpaired) electrons. The van der Waals surface area contributed by atoms with Gasteiger partial charge in [-0.25, -0.2) is 0 Å². The van der Waals surface area contributed by atoms with Crippen molar-refractivity contribution in [3.8, 4) is 6.07 Å². The van der Waals surface area contributed by atoms with Gasteiger partial charge in [-0.2, -0.15) is 5.26 Å². The van der Waals surface area contributed by atoms with Gasteiger partial charge in [-0.15, -0.1) is 0 Å². The van der Waals surface area contributed by atoms with Crippen LogP contribution in [-0.4, -0.2) is 65.4 Å². The summed E-state index contributed by atoms with van der Waals surface area (Å²) in [5, 5.41) is 19.2. The zero-order chi connectivity index (χ0) is 27.9. The van der Waals surface area contributed by atoms with Crippen LogP contribution in [0.25, 0.3) is 0 Å². The van der Waals surface area contributed by atoms with Crippen LogP contribution in [0.2, 0.25) is 0 Å². The second kappa shape index (κ2) is 13.6. The molecule has 2 heterocycles. The first-order valence-electron chi connectivity index (χ1n) is 15.3. The Labute approximate surface area is 239 Å². The molecule has 6 nitrogen and oxygen atoms in total. The average Bonchev–Trinajstić information content (AvgIpc) is 3.40. The van der Waals surface area contributed by atoms with Gasteiger partial charge in [0.25, 0.3) is 0 Å². The third-order valence-electron chi connectivity index (χ3n) is 9.76. The fourth-order valence-corrected chi connectivity index (χ4v) is 7.50. The van der Waals surface area contributed by atoms with E-state index in [1.807, 2.05) is 0 Å². The number of benzene rings is 2. The Morgan fingerprint density at radius 1 is 0.925 bits per heavy atom. The molecule has 0 amide bonds. The normalized spacial score (nSPS) is 24.0. The zero-order valence-electron chi connectivity index (χ0n) is 23.6. The van der Waals surface area contributed by atoms with Crippen LogP contribution in [0.4, 0.5) is 0 Å². The van der Waals surface area contributed by atoms with Crippen molar-refractivity contribution in [1.82, 2.24) is 9.80 Å². The fourth-order valence-electron chi connectivity index (χ4n) is 7.50. The van der Waals surface area contributed by atoms with Crippen molar-refractivity contribution in [2.24, 2.45) is 17.8 Å². The van der Waals surface area contributed by atoms with E-state index in [4.69, 9.17) is 5.26 Å². The lowest BCUT2D eigenvalue weighted by atomic mass is 9.83. The highest BCUT2D eigenvalue weighted by molar-refractivity contribution is 5.96. The number of piperidine rings is 1. The third kappa shape index (κ3) is 7.00. The summed E-state index contributed by atoms with van der Waals surface area (Å²) >= 11 is 0. The molecule has 0 spiro atoms. The van der Waals surface area contributed by atoms with E-state index in [0.717, 1.165) is 77.7 Å². The van der Waals surface area contributed by atoms with Crippen LogP contribution in [0.5, 0.6) is 0 Å². The SMILES string of the molecule is N#Cc1ccc(C(=O)CCC2CCN(C[C@H]3CN([C@@H](C(=O)O)C4CCCCC4)C[C@@H]3c3ccccc3)CC2)cc1. The van der Waals surface area contributed by atoms with E-state index in [-0.39, 0.29) is 17.7 Å². The number of hydrogen-bond acceptors (Lipinski definition) is 5. The van der Waals surface area contributed by atoms with Crippen molar-refractivity contribution in [3.05, 3.63) is 71.3 Å². The zero-order valence-corrected chi connectivity index (χ0v) is 23.6. The number of carbonyl (C=O) groups is 2. The summed E-state index contributed by atoms with van der Waals surface area (Å²) in [4.78, 5) is 30.1. The number of carboxylic acid groups (broad SMARTS) is 1. The van der Waals surface area contributed by atoms with Gasteiger partial charge in [0.15, 0.2) is 5.78 Å². The summed E-state index contributed by atoms with van der Waals surface area (Å²) in [6.07, 6.45) is 9.30. The maximum absolute atomic E-state index is 12.7. The van der Waals surface area contributed by atoms with Crippen LogP contribution in [0.3, 0.4) is 0 Å². The quantitative estimate of drug-likeness (QED) is 0.373. The molecular formula is C34H43N3O3. The number of nitrogens with zero attached hydrogens (tertiary/aromatic N) is 3. The lowest BCUT2D eigenvalue weighted by Gasteiger charge is -2.35. The molecule has 0 aromatic heterocycles. The molecule has 2 aromatic carbocycles. The van der Waals surface area contributed by atoms with Crippen LogP contribution in [0.1, 0.15) is 85.2 Å². The lowest BCUT2D eigenvalue weighted by molar-refractivity contribution is -0.145. The minimum Gasteiger partial charge on any atom is -0.480 e. The van der Waals surface area contributed by atoms with Gasteiger partial charge in [0.1, 0.15) is 6.04 Å². The highest BCUT2D eigenvalue weighted by atomic mass is 16.4. The number of carbonyl (C=O) groups excluding carboxylic acids is 1. The van der Waals surface area contributed by atoms with Crippen LogP contribution >= 0.6 is 0 Å². The summed E-state index contributed by atoms with van der Waals surface area (Å²) < 4.78 is 0. The molecule has 3 fully saturated rings. The minimum atomic E-state index is -0.643. The molecule has 3 aliphatic rings. The standard InChI is InChI=1S/C34H43N3O3/c35-21-26-11-14-28(15-12-26)32(38)16-13-25-17-19-36(20-18-25)22-30-23-37(24-31(30)27-7-3-1-4-8-27)33(34(39)40)29-9-5-2-6-10-29/h1,3-4,7-8,11-12,14-15,25,29-31,33H,2,5-6,9-10,13,16-20,22-24H2,(H,39,40)/t30-,31+,33+/m0/s1. The van der Waals surface area contributed by atoms with E-state index < -0.39 is 5.97 Å². The van der Waals surface area contributed by atoms with Crippen molar-refractivity contribution in [2.75, 3.05) is 32.7 Å². The van der Waals surface area contributed by atoms with Crippen LogP contribution in [0.15, 0.2) is 54.6 Å². The largest absolute Gasteiger partial charge is 0.480 e. The second-order valence-electron chi connectivity index (χ2n) is 12.3. The summed E-state index contributed by atoms with van der Waals surface area (Å²) in [7, 11) is 0. The van der Waals surface area contributed by atoms with Gasteiger partial charge in [-0.1, -0.05) is 61.7 Å². The average molecular weight is 542 g/mol. The molecule has 2 aliphatic heterocycles. The van der Waals surface area contributed by atoms with Crippen molar-refractivity contribution in [2.45, 2.75) is 69.7 Å². The van der Waals surface area contributed by atoms with Gasteiger partial charge in [0.05, 0.1) is 11.6 Å². The summed E-state index contributed by atoms with van der Waals surface area (Å²) in [6, 6.07) is 19.4. The first kappa shape index (κ1) is 28.5. The van der Waals surface area contributed by atoms with E-state index in [1.165, 1.54) is 12.0 Å². The van der Waals surface area contributed by atoms with Gasteiger partial charge in [0.2, 0.25) is 0 Å². The smallest absolute Gasteiger partial charge is 0.321 e. The van der Waals surface area contributed by atoms with Gasteiger partial charge >= 0.3 is 5.97 Å². The number of aliphatic carboxylic acids is 1. The van der Waals surface area contributed by atoms with Crippen LogP contribution in [0, 0.1) is 29.1 Å². The Balaban J connectivity index is 1.17. The minimum absolute atomic E-state index is 0.162. The van der Waals surface area contributed by atoms with E-state index in [0.29, 0.717) is 35.3 Å². The fraction of sp³-hybridized carbons (Fsp3) is 0.559. The third-order valence-corrected chi connectivity index (χ3v) is 9.76. The van der Waals surface area contributed by atoms with Crippen molar-refractivity contribution in [1.29, 1.82) is 5.26 Å². The first-order chi connectivity index (χ1) is 19.5. The molecule has 6 heteroatoms. The molecule has 1 aliphatic carbocycles.